The molecule has 0 fully saturated rings. The number of halogens is 1. The number of benzene rings is 2. The Bertz CT molecular complexity index is 1160. The first-order valence-corrected chi connectivity index (χ1v) is 12.3. The molecule has 0 aliphatic rings. The van der Waals surface area contributed by atoms with E-state index in [9.17, 15) is 20.1 Å². The molecule has 38 heavy (non-hydrogen) atoms. The number of nitrogens with one attached hydrogen (secondary N) is 2. The first kappa shape index (κ1) is 29.1. The summed E-state index contributed by atoms with van der Waals surface area (Å²) >= 11 is 5.96. The number of carbonyl (C=O) groups is 1. The molecule has 0 spiro atoms. The van der Waals surface area contributed by atoms with Gasteiger partial charge in [-0.05, 0) is 18.1 Å². The molecule has 6 N–H and O–H groups in total. The smallest absolute Gasteiger partial charge is 0.322 e. The fourth-order valence-corrected chi connectivity index (χ4v) is 3.24. The Morgan fingerprint density at radius 1 is 0.921 bits per heavy atom. The van der Waals surface area contributed by atoms with Crippen LogP contribution in [0.25, 0.3) is 0 Å². The number of alkyl halides is 1. The van der Waals surface area contributed by atoms with E-state index in [-0.39, 0.29) is 43.2 Å². The van der Waals surface area contributed by atoms with Crippen LogP contribution in [0, 0.1) is 0 Å². The summed E-state index contributed by atoms with van der Waals surface area (Å²) in [4.78, 5) is 21.2. The highest BCUT2D eigenvalue weighted by Crippen LogP contribution is 2.33. The van der Waals surface area contributed by atoms with Crippen LogP contribution in [0.15, 0.2) is 60.7 Å². The molecule has 12 heteroatoms. The number of nitrogens with zero attached hydrogens (tertiary/aromatic N) is 2. The number of hydrogen-bond acceptors (Lipinski definition) is 10. The maximum Gasteiger partial charge on any atom is 0.322 e. The average Bonchev–Trinajstić information content (AvgIpc) is 2.94. The van der Waals surface area contributed by atoms with Gasteiger partial charge in [-0.25, -0.2) is 0 Å². The van der Waals surface area contributed by atoms with Gasteiger partial charge in [-0.1, -0.05) is 60.7 Å². The number of hydrogen-bond donors (Lipinski definition) is 6. The van der Waals surface area contributed by atoms with E-state index in [4.69, 9.17) is 26.2 Å². The van der Waals surface area contributed by atoms with E-state index in [1.807, 2.05) is 60.7 Å². The predicted molar refractivity (Wildman–Crippen MR) is 141 cm³/mol. The van der Waals surface area contributed by atoms with Gasteiger partial charge in [0.25, 0.3) is 0 Å². The maximum absolute atomic E-state index is 12.5. The quantitative estimate of drug-likeness (QED) is 0.164. The number of amides is 1. The van der Waals surface area contributed by atoms with Crippen LogP contribution in [-0.4, -0.2) is 73.1 Å². The zero-order chi connectivity index (χ0) is 27.5. The number of carbonyl (C=O) groups excluding carboxylic acids is 1. The van der Waals surface area contributed by atoms with Crippen LogP contribution in [0.1, 0.15) is 18.1 Å². The fourth-order valence-electron chi connectivity index (χ4n) is 3.19. The van der Waals surface area contributed by atoms with Crippen molar-refractivity contribution >= 4 is 29.0 Å². The average molecular weight is 547 g/mol. The van der Waals surface area contributed by atoms with Gasteiger partial charge in [0.15, 0.2) is 5.82 Å². The summed E-state index contributed by atoms with van der Waals surface area (Å²) in [6.07, 6.45) is -4.69. The SMILES string of the molecule is CC(Cl)C(=O)Nc1c(NC[C@H](O)[C@H](O)[C@H](O)CO)nc(OCc2ccccc2)nc1OCc1ccccc1. The zero-order valence-electron chi connectivity index (χ0n) is 20.7. The highest BCUT2D eigenvalue weighted by atomic mass is 35.5. The summed E-state index contributed by atoms with van der Waals surface area (Å²) in [5, 5.41) is 43.6. The fraction of sp³-hybridized carbons (Fsp3) is 0.346. The molecule has 0 saturated heterocycles. The third kappa shape index (κ3) is 8.54. The summed E-state index contributed by atoms with van der Waals surface area (Å²) in [5.41, 5.74) is 1.74. The van der Waals surface area contributed by atoms with E-state index in [0.717, 1.165) is 11.1 Å². The van der Waals surface area contributed by atoms with Crippen molar-refractivity contribution in [1.29, 1.82) is 0 Å². The van der Waals surface area contributed by atoms with Gasteiger partial charge < -0.3 is 40.5 Å². The zero-order valence-corrected chi connectivity index (χ0v) is 21.5. The minimum absolute atomic E-state index is 0.0153. The van der Waals surface area contributed by atoms with E-state index in [0.29, 0.717) is 0 Å². The number of rotatable bonds is 14. The lowest BCUT2D eigenvalue weighted by molar-refractivity contribution is -0.115. The Morgan fingerprint density at radius 3 is 2.05 bits per heavy atom. The molecule has 1 aromatic heterocycles. The van der Waals surface area contributed by atoms with E-state index in [1.54, 1.807) is 0 Å². The van der Waals surface area contributed by atoms with E-state index < -0.39 is 36.2 Å². The highest BCUT2D eigenvalue weighted by molar-refractivity contribution is 6.32. The number of ether oxygens (including phenoxy) is 2. The van der Waals surface area contributed by atoms with Crippen LogP contribution in [0.5, 0.6) is 11.9 Å². The van der Waals surface area contributed by atoms with Crippen molar-refractivity contribution in [2.24, 2.45) is 0 Å². The Morgan fingerprint density at radius 2 is 1.50 bits per heavy atom. The molecule has 4 atom stereocenters. The van der Waals surface area contributed by atoms with Crippen molar-refractivity contribution < 1.29 is 34.7 Å². The van der Waals surface area contributed by atoms with Crippen LogP contribution < -0.4 is 20.1 Å². The predicted octanol–water partition coefficient (Wildman–Crippen LogP) is 1.69. The minimum atomic E-state index is -1.64. The molecule has 1 heterocycles. The summed E-state index contributed by atoms with van der Waals surface area (Å²) in [6.45, 7) is 0.690. The van der Waals surface area contributed by atoms with Gasteiger partial charge in [0.1, 0.15) is 36.5 Å². The van der Waals surface area contributed by atoms with Crippen molar-refractivity contribution in [1.82, 2.24) is 9.97 Å². The Labute approximate surface area is 225 Å². The Hall–Kier alpha value is -3.48. The number of anilines is 2. The third-order valence-electron chi connectivity index (χ3n) is 5.35. The van der Waals surface area contributed by atoms with Gasteiger partial charge in [-0.3, -0.25) is 4.79 Å². The van der Waals surface area contributed by atoms with Gasteiger partial charge in [-0.15, -0.1) is 11.6 Å². The van der Waals surface area contributed by atoms with Crippen LogP contribution in [0.4, 0.5) is 11.5 Å². The van der Waals surface area contributed by atoms with Crippen LogP contribution in [0.3, 0.4) is 0 Å². The molecule has 1 amide bonds. The van der Waals surface area contributed by atoms with Gasteiger partial charge in [0.2, 0.25) is 11.8 Å². The second-order valence-electron chi connectivity index (χ2n) is 8.38. The standard InChI is InChI=1S/C26H31ClN4O7/c1-16(27)24(36)29-21-23(28-12-19(33)22(35)20(34)13-32)30-26(38-15-18-10-6-3-7-11-18)31-25(21)37-14-17-8-4-2-5-9-17/h2-11,16,19-20,22,32-35H,12-15H2,1H3,(H,29,36)(H,28,30,31)/t16?,19-,20+,22-/m0/s1. The summed E-state index contributed by atoms with van der Waals surface area (Å²) in [5.74, 6) is -0.566. The largest absolute Gasteiger partial charge is 0.471 e. The van der Waals surface area contributed by atoms with Crippen molar-refractivity contribution in [2.45, 2.75) is 43.8 Å². The Balaban J connectivity index is 1.94. The number of aromatic nitrogens is 2. The molecule has 0 aliphatic heterocycles. The molecule has 2 aromatic carbocycles. The van der Waals surface area contributed by atoms with Crippen LogP contribution >= 0.6 is 11.6 Å². The molecule has 0 bridgehead atoms. The lowest BCUT2D eigenvalue weighted by Gasteiger charge is -2.23. The molecule has 0 saturated carbocycles. The van der Waals surface area contributed by atoms with Crippen molar-refractivity contribution in [3.63, 3.8) is 0 Å². The molecule has 1 unspecified atom stereocenters. The van der Waals surface area contributed by atoms with Crippen LogP contribution in [-0.2, 0) is 18.0 Å². The van der Waals surface area contributed by atoms with Crippen molar-refractivity contribution in [2.75, 3.05) is 23.8 Å². The summed E-state index contributed by atoms with van der Waals surface area (Å²) < 4.78 is 11.7. The molecule has 3 rings (SSSR count). The lowest BCUT2D eigenvalue weighted by atomic mass is 10.1. The normalized spacial score (nSPS) is 14.2. The van der Waals surface area contributed by atoms with Gasteiger partial charge in [-0.2, -0.15) is 9.97 Å². The summed E-state index contributed by atoms with van der Waals surface area (Å²) in [6, 6.07) is 18.5. The second kappa shape index (κ2) is 14.5. The molecule has 3 aromatic rings. The molecule has 11 nitrogen and oxygen atoms in total. The van der Waals surface area contributed by atoms with Crippen LogP contribution in [0.2, 0.25) is 0 Å². The van der Waals surface area contributed by atoms with E-state index in [1.165, 1.54) is 6.92 Å². The lowest BCUT2D eigenvalue weighted by Crippen LogP contribution is -2.43. The topological polar surface area (TPSA) is 166 Å². The van der Waals surface area contributed by atoms with Crippen molar-refractivity contribution in [3.8, 4) is 11.9 Å². The number of aliphatic hydroxyl groups is 4. The number of aliphatic hydroxyl groups excluding tert-OH is 4. The molecular weight excluding hydrogens is 516 g/mol. The summed E-state index contributed by atoms with van der Waals surface area (Å²) in [7, 11) is 0. The first-order valence-electron chi connectivity index (χ1n) is 11.9. The van der Waals surface area contributed by atoms with Gasteiger partial charge in [0.05, 0.1) is 12.7 Å². The van der Waals surface area contributed by atoms with Gasteiger partial charge >= 0.3 is 6.01 Å². The highest BCUT2D eigenvalue weighted by Gasteiger charge is 2.26. The molecular formula is C26H31ClN4O7. The minimum Gasteiger partial charge on any atom is -0.471 e. The molecule has 0 aliphatic carbocycles. The monoisotopic (exact) mass is 546 g/mol. The Kier molecular flexibility index (Phi) is 11.1. The second-order valence-corrected chi connectivity index (χ2v) is 9.03. The van der Waals surface area contributed by atoms with E-state index >= 15 is 0 Å². The maximum atomic E-state index is 12.5. The van der Waals surface area contributed by atoms with Gasteiger partial charge in [0, 0.05) is 6.54 Å². The van der Waals surface area contributed by atoms with Crippen molar-refractivity contribution in [3.05, 3.63) is 71.8 Å². The molecule has 204 valence electrons. The third-order valence-corrected chi connectivity index (χ3v) is 5.55. The van der Waals surface area contributed by atoms with E-state index in [2.05, 4.69) is 20.6 Å². The first-order chi connectivity index (χ1) is 18.3. The molecule has 0 radical (unpaired) electrons.